The Bertz CT molecular complexity index is 470. The molecule has 4 heteroatoms. The number of halogens is 1. The lowest BCUT2D eigenvalue weighted by molar-refractivity contribution is -0.130. The molecule has 3 rings (SSSR count). The zero-order chi connectivity index (χ0) is 13.4. The summed E-state index contributed by atoms with van der Waals surface area (Å²) in [6.07, 6.45) is 4.22. The maximum absolute atomic E-state index is 12.5. The van der Waals surface area contributed by atoms with Gasteiger partial charge in [0.05, 0.1) is 6.04 Å². The van der Waals surface area contributed by atoms with Gasteiger partial charge in [-0.1, -0.05) is 37.1 Å². The second kappa shape index (κ2) is 5.14. The largest absolute Gasteiger partial charge is 0.319 e. The fourth-order valence-corrected chi connectivity index (χ4v) is 2.92. The van der Waals surface area contributed by atoms with Crippen LogP contribution >= 0.6 is 11.6 Å². The molecular weight excluding hydrogens is 260 g/mol. The van der Waals surface area contributed by atoms with E-state index in [0.29, 0.717) is 6.04 Å². The summed E-state index contributed by atoms with van der Waals surface area (Å²) in [5, 5.41) is 4.21. The van der Waals surface area contributed by atoms with E-state index in [9.17, 15) is 4.79 Å². The minimum absolute atomic E-state index is 0.0220. The van der Waals surface area contributed by atoms with Crippen LogP contribution in [0.15, 0.2) is 24.3 Å². The van der Waals surface area contributed by atoms with Gasteiger partial charge < -0.3 is 4.90 Å². The van der Waals surface area contributed by atoms with Gasteiger partial charge in [-0.2, -0.15) is 0 Å². The molecule has 2 fully saturated rings. The first-order valence-electron chi connectivity index (χ1n) is 7.04. The maximum Gasteiger partial charge on any atom is 0.241 e. The monoisotopic (exact) mass is 278 g/mol. The summed E-state index contributed by atoms with van der Waals surface area (Å²) in [5.74, 6) is 0.268. The minimum atomic E-state index is -0.0220. The summed E-state index contributed by atoms with van der Waals surface area (Å²) < 4.78 is 0. The molecule has 1 aromatic rings. The number of carbonyl (C=O) groups is 1. The van der Waals surface area contributed by atoms with Crippen molar-refractivity contribution in [1.29, 1.82) is 0 Å². The first-order valence-corrected chi connectivity index (χ1v) is 7.42. The van der Waals surface area contributed by atoms with Gasteiger partial charge in [0.15, 0.2) is 0 Å². The summed E-state index contributed by atoms with van der Waals surface area (Å²) in [7, 11) is 0. The molecule has 102 valence electrons. The Kier molecular flexibility index (Phi) is 3.50. The van der Waals surface area contributed by atoms with Crippen LogP contribution in [0.1, 0.15) is 44.3 Å². The molecule has 2 unspecified atom stereocenters. The summed E-state index contributed by atoms with van der Waals surface area (Å²) in [6.45, 7) is 2.12. The molecule has 1 aliphatic heterocycles. The lowest BCUT2D eigenvalue weighted by atomic mass is 10.1. The van der Waals surface area contributed by atoms with E-state index in [4.69, 9.17) is 11.6 Å². The Morgan fingerprint density at radius 1 is 1.32 bits per heavy atom. The maximum atomic E-state index is 12.5. The summed E-state index contributed by atoms with van der Waals surface area (Å²) in [4.78, 5) is 14.5. The number of nitrogens with zero attached hydrogens (tertiary/aromatic N) is 1. The Morgan fingerprint density at radius 3 is 2.58 bits per heavy atom. The summed E-state index contributed by atoms with van der Waals surface area (Å²) >= 11 is 5.94. The van der Waals surface area contributed by atoms with Crippen LogP contribution in [0.2, 0.25) is 5.02 Å². The zero-order valence-electron chi connectivity index (χ0n) is 11.1. The van der Waals surface area contributed by atoms with Gasteiger partial charge >= 0.3 is 0 Å². The van der Waals surface area contributed by atoms with Gasteiger partial charge in [-0.3, -0.25) is 10.1 Å². The van der Waals surface area contributed by atoms with Crippen LogP contribution in [-0.4, -0.2) is 22.9 Å². The third kappa shape index (κ3) is 2.49. The Hall–Kier alpha value is -1.06. The van der Waals surface area contributed by atoms with Crippen LogP contribution in [0.25, 0.3) is 0 Å². The van der Waals surface area contributed by atoms with E-state index in [1.807, 2.05) is 29.2 Å². The highest BCUT2D eigenvalue weighted by molar-refractivity contribution is 6.30. The van der Waals surface area contributed by atoms with E-state index >= 15 is 0 Å². The van der Waals surface area contributed by atoms with E-state index in [2.05, 4.69) is 12.2 Å². The van der Waals surface area contributed by atoms with Crippen molar-refractivity contribution >= 4 is 17.5 Å². The van der Waals surface area contributed by atoms with Crippen molar-refractivity contribution in [3.05, 3.63) is 34.9 Å². The van der Waals surface area contributed by atoms with Crippen molar-refractivity contribution in [3.8, 4) is 0 Å². The highest BCUT2D eigenvalue weighted by atomic mass is 35.5. The van der Waals surface area contributed by atoms with Gasteiger partial charge in [0, 0.05) is 11.1 Å². The zero-order valence-corrected chi connectivity index (χ0v) is 11.9. The molecule has 0 radical (unpaired) electrons. The molecule has 1 heterocycles. The van der Waals surface area contributed by atoms with Gasteiger partial charge in [0.2, 0.25) is 5.91 Å². The van der Waals surface area contributed by atoms with Crippen LogP contribution in [-0.2, 0) is 4.79 Å². The quantitative estimate of drug-likeness (QED) is 0.918. The number of carbonyl (C=O) groups excluding carboxylic acids is 1. The molecule has 1 N–H and O–H groups in total. The molecule has 1 amide bonds. The van der Waals surface area contributed by atoms with E-state index in [-0.39, 0.29) is 18.1 Å². The smallest absolute Gasteiger partial charge is 0.241 e. The van der Waals surface area contributed by atoms with Crippen LogP contribution in [0.3, 0.4) is 0 Å². The second-order valence-corrected chi connectivity index (χ2v) is 5.88. The van der Waals surface area contributed by atoms with Gasteiger partial charge in [-0.05, 0) is 37.0 Å². The Morgan fingerprint density at radius 2 is 2.00 bits per heavy atom. The van der Waals surface area contributed by atoms with Crippen molar-refractivity contribution in [3.63, 3.8) is 0 Å². The van der Waals surface area contributed by atoms with Crippen LogP contribution in [0.4, 0.5) is 0 Å². The third-order valence-electron chi connectivity index (χ3n) is 3.89. The number of hydrogen-bond donors (Lipinski definition) is 1. The van der Waals surface area contributed by atoms with E-state index in [0.717, 1.165) is 36.3 Å². The van der Waals surface area contributed by atoms with E-state index in [1.165, 1.54) is 0 Å². The summed E-state index contributed by atoms with van der Waals surface area (Å²) in [5.41, 5.74) is 1.13. The van der Waals surface area contributed by atoms with Crippen molar-refractivity contribution < 1.29 is 4.79 Å². The van der Waals surface area contributed by atoms with Crippen molar-refractivity contribution in [2.45, 2.75) is 50.9 Å². The SMILES string of the molecule is CCCC1NC(c2ccc(Cl)cc2)N(C2CC2)C1=O. The highest BCUT2D eigenvalue weighted by Gasteiger charge is 2.46. The molecule has 3 nitrogen and oxygen atoms in total. The van der Waals surface area contributed by atoms with Crippen molar-refractivity contribution in [2.24, 2.45) is 0 Å². The Labute approximate surface area is 118 Å². The number of nitrogens with one attached hydrogen (secondary N) is 1. The molecular formula is C15H19ClN2O. The lowest BCUT2D eigenvalue weighted by Crippen LogP contribution is -2.33. The summed E-state index contributed by atoms with van der Waals surface area (Å²) in [6, 6.07) is 8.21. The molecule has 0 aromatic heterocycles. The van der Waals surface area contributed by atoms with Crippen molar-refractivity contribution in [1.82, 2.24) is 10.2 Å². The van der Waals surface area contributed by atoms with E-state index in [1.54, 1.807) is 0 Å². The van der Waals surface area contributed by atoms with Gasteiger partial charge in [-0.15, -0.1) is 0 Å². The Balaban J connectivity index is 1.86. The average molecular weight is 279 g/mol. The molecule has 1 aliphatic carbocycles. The second-order valence-electron chi connectivity index (χ2n) is 5.44. The van der Waals surface area contributed by atoms with Gasteiger partial charge in [0.25, 0.3) is 0 Å². The van der Waals surface area contributed by atoms with Gasteiger partial charge in [0.1, 0.15) is 6.17 Å². The standard InChI is InChI=1S/C15H19ClN2O/c1-2-3-13-15(19)18(12-8-9-12)14(17-13)10-4-6-11(16)7-5-10/h4-7,12-14,17H,2-3,8-9H2,1H3. The normalized spacial score (nSPS) is 27.1. The molecule has 1 aromatic carbocycles. The van der Waals surface area contributed by atoms with Crippen LogP contribution in [0, 0.1) is 0 Å². The fraction of sp³-hybridized carbons (Fsp3) is 0.533. The molecule has 0 bridgehead atoms. The molecule has 1 saturated heterocycles. The first-order chi connectivity index (χ1) is 9.20. The fourth-order valence-electron chi connectivity index (χ4n) is 2.79. The topological polar surface area (TPSA) is 32.3 Å². The van der Waals surface area contributed by atoms with Crippen molar-refractivity contribution in [2.75, 3.05) is 0 Å². The number of rotatable bonds is 4. The first kappa shape index (κ1) is 12.9. The molecule has 2 atom stereocenters. The predicted molar refractivity (Wildman–Crippen MR) is 75.9 cm³/mol. The number of benzene rings is 1. The van der Waals surface area contributed by atoms with Gasteiger partial charge in [-0.25, -0.2) is 0 Å². The lowest BCUT2D eigenvalue weighted by Gasteiger charge is -2.24. The predicted octanol–water partition coefficient (Wildman–Crippen LogP) is 3.10. The molecule has 1 saturated carbocycles. The van der Waals surface area contributed by atoms with Crippen LogP contribution in [0.5, 0.6) is 0 Å². The van der Waals surface area contributed by atoms with E-state index < -0.39 is 0 Å². The minimum Gasteiger partial charge on any atom is -0.319 e. The highest BCUT2D eigenvalue weighted by Crippen LogP contribution is 2.38. The third-order valence-corrected chi connectivity index (χ3v) is 4.15. The van der Waals surface area contributed by atoms with Crippen LogP contribution < -0.4 is 5.32 Å². The number of amides is 1. The molecule has 2 aliphatic rings. The molecule has 0 spiro atoms. The molecule has 19 heavy (non-hydrogen) atoms. The average Bonchev–Trinajstić information content (AvgIpc) is 3.18. The number of hydrogen-bond acceptors (Lipinski definition) is 2.